The summed E-state index contributed by atoms with van der Waals surface area (Å²) in [5, 5.41) is 9.26. The van der Waals surface area contributed by atoms with Gasteiger partial charge in [-0.2, -0.15) is 0 Å². The van der Waals surface area contributed by atoms with Crippen LogP contribution in [0.1, 0.15) is 99.3 Å². The molecule has 3 aliphatic heterocycles. The van der Waals surface area contributed by atoms with E-state index in [0.717, 1.165) is 38.5 Å². The number of hydrogen-bond acceptors (Lipinski definition) is 7. The van der Waals surface area contributed by atoms with E-state index in [2.05, 4.69) is 41.5 Å². The van der Waals surface area contributed by atoms with Crippen LogP contribution in [0, 0.1) is 17.8 Å². The number of carbonyl (C=O) groups excluding carboxylic acids is 3. The predicted octanol–water partition coefficient (Wildman–Crippen LogP) is 5.13. The maximum Gasteiger partial charge on any atom is 0.330 e. The number of rotatable bonds is 6. The van der Waals surface area contributed by atoms with Gasteiger partial charge in [0.1, 0.15) is 18.3 Å². The van der Waals surface area contributed by atoms with E-state index >= 15 is 0 Å². The Balaban J connectivity index is 0.000000255. The zero-order valence-corrected chi connectivity index (χ0v) is 22.0. The first-order valence-corrected chi connectivity index (χ1v) is 12.9. The van der Waals surface area contributed by atoms with Crippen LogP contribution < -0.4 is 0 Å². The minimum Gasteiger partial charge on any atom is -0.462 e. The SMILES string of the molecule is CC(C)CC1CC(O)CC(=O)O1.CC(C)CC1CC=CC(=O)O1.CC(C)CC1CCCC(=O)O1. The third kappa shape index (κ3) is 14.4. The quantitative estimate of drug-likeness (QED) is 0.414. The van der Waals surface area contributed by atoms with Gasteiger partial charge in [0.2, 0.25) is 0 Å². The van der Waals surface area contributed by atoms with Crippen LogP contribution in [0.5, 0.6) is 0 Å². The van der Waals surface area contributed by atoms with Crippen LogP contribution in [-0.2, 0) is 28.6 Å². The molecule has 4 atom stereocenters. The maximum atomic E-state index is 10.9. The second kappa shape index (κ2) is 15.9. The molecule has 0 amide bonds. The summed E-state index contributed by atoms with van der Waals surface area (Å²) in [6.45, 7) is 12.7. The summed E-state index contributed by atoms with van der Waals surface area (Å²) < 4.78 is 15.3. The minimum atomic E-state index is -0.491. The first kappa shape index (κ1) is 30.1. The second-order valence-corrected chi connectivity index (χ2v) is 10.8. The van der Waals surface area contributed by atoms with Crippen LogP contribution in [0.4, 0.5) is 0 Å². The standard InChI is InChI=1S/C9H16O3.C9H16O2.C9H14O2/c1-6(2)3-8-4-7(10)5-9(11)12-8;2*1-7(2)6-8-4-3-5-9(10)11-8/h6-8,10H,3-5H2,1-2H3;7-8H,3-6H2,1-2H3;3,5,7-8H,4,6H2,1-2H3. The Morgan fingerprint density at radius 3 is 1.91 bits per heavy atom. The average Bonchev–Trinajstić information content (AvgIpc) is 2.66. The first-order valence-electron chi connectivity index (χ1n) is 12.9. The van der Waals surface area contributed by atoms with Gasteiger partial charge >= 0.3 is 17.9 Å². The molecule has 0 aromatic rings. The summed E-state index contributed by atoms with van der Waals surface area (Å²) in [5.74, 6) is 1.27. The van der Waals surface area contributed by atoms with E-state index in [1.165, 1.54) is 6.08 Å². The van der Waals surface area contributed by atoms with Crippen molar-refractivity contribution < 1.29 is 33.7 Å². The Kier molecular flexibility index (Phi) is 14.1. The van der Waals surface area contributed by atoms with Crippen molar-refractivity contribution in [1.82, 2.24) is 0 Å². The minimum absolute atomic E-state index is 0.0121. The molecule has 3 aliphatic rings. The molecule has 34 heavy (non-hydrogen) atoms. The maximum absolute atomic E-state index is 10.9. The number of aliphatic hydroxyl groups is 1. The fourth-order valence-corrected chi connectivity index (χ4v) is 4.24. The lowest BCUT2D eigenvalue weighted by molar-refractivity contribution is -0.161. The number of hydrogen-bond donors (Lipinski definition) is 1. The normalized spacial score (nSPS) is 26.7. The molecule has 0 radical (unpaired) electrons. The predicted molar refractivity (Wildman–Crippen MR) is 131 cm³/mol. The lowest BCUT2D eigenvalue weighted by atomic mass is 9.98. The van der Waals surface area contributed by atoms with Crippen LogP contribution in [0.3, 0.4) is 0 Å². The van der Waals surface area contributed by atoms with E-state index < -0.39 is 6.10 Å². The molecule has 7 heteroatoms. The van der Waals surface area contributed by atoms with Crippen LogP contribution in [0.15, 0.2) is 12.2 Å². The van der Waals surface area contributed by atoms with Crippen molar-refractivity contribution in [2.45, 2.75) is 124 Å². The van der Waals surface area contributed by atoms with Crippen molar-refractivity contribution in [2.75, 3.05) is 0 Å². The van der Waals surface area contributed by atoms with E-state index in [4.69, 9.17) is 14.2 Å². The third-order valence-corrected chi connectivity index (χ3v) is 5.58. The molecule has 0 bridgehead atoms. The molecule has 0 aromatic carbocycles. The molecule has 2 fully saturated rings. The lowest BCUT2D eigenvalue weighted by Crippen LogP contribution is -2.33. The van der Waals surface area contributed by atoms with Gasteiger partial charge in [-0.25, -0.2) is 4.79 Å². The summed E-state index contributed by atoms with van der Waals surface area (Å²) >= 11 is 0. The zero-order chi connectivity index (χ0) is 25.7. The Morgan fingerprint density at radius 1 is 0.824 bits per heavy atom. The number of ether oxygens (including phenoxy) is 3. The van der Waals surface area contributed by atoms with Gasteiger partial charge in [-0.1, -0.05) is 47.6 Å². The van der Waals surface area contributed by atoms with Gasteiger partial charge in [-0.15, -0.1) is 0 Å². The molecule has 2 saturated heterocycles. The molecule has 196 valence electrons. The van der Waals surface area contributed by atoms with Crippen molar-refractivity contribution in [1.29, 1.82) is 0 Å². The Morgan fingerprint density at radius 2 is 1.38 bits per heavy atom. The number of cyclic esters (lactones) is 3. The van der Waals surface area contributed by atoms with Gasteiger partial charge in [-0.3, -0.25) is 9.59 Å². The van der Waals surface area contributed by atoms with Crippen molar-refractivity contribution in [2.24, 2.45) is 17.8 Å². The Bertz CT molecular complexity index is 651. The number of esters is 3. The van der Waals surface area contributed by atoms with E-state index in [1.54, 1.807) is 0 Å². The average molecular weight is 483 g/mol. The summed E-state index contributed by atoms with van der Waals surface area (Å²) in [4.78, 5) is 32.5. The largest absolute Gasteiger partial charge is 0.462 e. The Labute approximate surface area is 205 Å². The molecular weight excluding hydrogens is 436 g/mol. The lowest BCUT2D eigenvalue weighted by Gasteiger charge is -2.26. The van der Waals surface area contributed by atoms with Gasteiger partial charge in [0.05, 0.1) is 12.5 Å². The number of aliphatic hydroxyl groups excluding tert-OH is 1. The fourth-order valence-electron chi connectivity index (χ4n) is 4.24. The van der Waals surface area contributed by atoms with Crippen molar-refractivity contribution in [3.8, 4) is 0 Å². The molecule has 0 saturated carbocycles. The third-order valence-electron chi connectivity index (χ3n) is 5.58. The fraction of sp³-hybridized carbons (Fsp3) is 0.815. The smallest absolute Gasteiger partial charge is 0.330 e. The Hall–Kier alpha value is -1.89. The molecule has 0 aliphatic carbocycles. The van der Waals surface area contributed by atoms with E-state index in [0.29, 0.717) is 30.6 Å². The summed E-state index contributed by atoms with van der Waals surface area (Å²) in [7, 11) is 0. The topological polar surface area (TPSA) is 99.1 Å². The molecule has 7 nitrogen and oxygen atoms in total. The highest BCUT2D eigenvalue weighted by molar-refractivity contribution is 5.82. The van der Waals surface area contributed by atoms with Gasteiger partial charge in [0, 0.05) is 25.3 Å². The zero-order valence-electron chi connectivity index (χ0n) is 22.0. The second-order valence-electron chi connectivity index (χ2n) is 10.8. The van der Waals surface area contributed by atoms with E-state index in [1.807, 2.05) is 6.08 Å². The molecule has 1 N–H and O–H groups in total. The van der Waals surface area contributed by atoms with Gasteiger partial charge in [0.25, 0.3) is 0 Å². The van der Waals surface area contributed by atoms with Crippen molar-refractivity contribution in [3.63, 3.8) is 0 Å². The monoisotopic (exact) mass is 482 g/mol. The van der Waals surface area contributed by atoms with Gasteiger partial charge < -0.3 is 19.3 Å². The van der Waals surface area contributed by atoms with Crippen molar-refractivity contribution in [3.05, 3.63) is 12.2 Å². The highest BCUT2D eigenvalue weighted by Gasteiger charge is 2.27. The summed E-state index contributed by atoms with van der Waals surface area (Å²) in [6.07, 6.45) is 10.3. The van der Waals surface area contributed by atoms with Crippen LogP contribution >= 0.6 is 0 Å². The van der Waals surface area contributed by atoms with Crippen LogP contribution in [0.25, 0.3) is 0 Å². The molecule has 4 unspecified atom stereocenters. The molecule has 3 rings (SSSR count). The van der Waals surface area contributed by atoms with E-state index in [9.17, 15) is 19.5 Å². The van der Waals surface area contributed by atoms with Gasteiger partial charge in [-0.05, 0) is 49.9 Å². The number of carbonyl (C=O) groups is 3. The molecule has 0 spiro atoms. The van der Waals surface area contributed by atoms with Crippen molar-refractivity contribution >= 4 is 17.9 Å². The summed E-state index contributed by atoms with van der Waals surface area (Å²) in [5.41, 5.74) is 0. The highest BCUT2D eigenvalue weighted by Crippen LogP contribution is 2.21. The highest BCUT2D eigenvalue weighted by atomic mass is 16.6. The molecular formula is C27H46O7. The van der Waals surface area contributed by atoms with E-state index in [-0.39, 0.29) is 42.6 Å². The molecule has 3 heterocycles. The first-order chi connectivity index (χ1) is 15.9. The summed E-state index contributed by atoms with van der Waals surface area (Å²) in [6, 6.07) is 0. The van der Waals surface area contributed by atoms with Crippen LogP contribution in [-0.4, -0.2) is 47.4 Å². The van der Waals surface area contributed by atoms with Gasteiger partial charge in [0.15, 0.2) is 0 Å². The molecule has 0 aromatic heterocycles. The van der Waals surface area contributed by atoms with Crippen LogP contribution in [0.2, 0.25) is 0 Å².